The SMILES string of the molecule is Cc1ccccc1CC(CO)NC(=O)NCCC(=O)O. The minimum Gasteiger partial charge on any atom is -0.481 e. The maximum Gasteiger partial charge on any atom is 0.315 e. The Morgan fingerprint density at radius 1 is 1.30 bits per heavy atom. The van der Waals surface area contributed by atoms with Crippen LogP contribution < -0.4 is 10.6 Å². The molecule has 0 saturated carbocycles. The van der Waals surface area contributed by atoms with Crippen molar-refractivity contribution in [1.29, 1.82) is 0 Å². The number of carbonyl (C=O) groups is 2. The second-order valence-corrected chi connectivity index (χ2v) is 4.55. The fourth-order valence-corrected chi connectivity index (χ4v) is 1.79. The number of hydrogen-bond acceptors (Lipinski definition) is 3. The number of rotatable bonds is 7. The van der Waals surface area contributed by atoms with Gasteiger partial charge in [-0.25, -0.2) is 4.79 Å². The first kappa shape index (κ1) is 16.0. The van der Waals surface area contributed by atoms with Crippen molar-refractivity contribution in [2.24, 2.45) is 0 Å². The lowest BCUT2D eigenvalue weighted by Crippen LogP contribution is -2.45. The predicted molar refractivity (Wildman–Crippen MR) is 74.5 cm³/mol. The molecule has 6 heteroatoms. The van der Waals surface area contributed by atoms with Crippen LogP contribution >= 0.6 is 0 Å². The first-order chi connectivity index (χ1) is 9.52. The van der Waals surface area contributed by atoms with Crippen LogP contribution in [0.2, 0.25) is 0 Å². The monoisotopic (exact) mass is 280 g/mol. The van der Waals surface area contributed by atoms with Crippen molar-refractivity contribution < 1.29 is 19.8 Å². The van der Waals surface area contributed by atoms with Gasteiger partial charge in [0.05, 0.1) is 19.1 Å². The summed E-state index contributed by atoms with van der Waals surface area (Å²) in [7, 11) is 0. The number of carboxylic acids is 1. The summed E-state index contributed by atoms with van der Waals surface area (Å²) in [5.74, 6) is -0.969. The lowest BCUT2D eigenvalue weighted by Gasteiger charge is -2.17. The molecule has 0 aliphatic heterocycles. The third kappa shape index (κ3) is 5.71. The van der Waals surface area contributed by atoms with Gasteiger partial charge in [-0.15, -0.1) is 0 Å². The van der Waals surface area contributed by atoms with E-state index in [1.807, 2.05) is 31.2 Å². The molecule has 2 amide bonds. The van der Waals surface area contributed by atoms with Crippen LogP contribution in [0.4, 0.5) is 4.79 Å². The Morgan fingerprint density at radius 2 is 2.00 bits per heavy atom. The summed E-state index contributed by atoms with van der Waals surface area (Å²) in [6, 6.07) is 6.88. The number of urea groups is 1. The van der Waals surface area contributed by atoms with Crippen molar-refractivity contribution in [3.8, 4) is 0 Å². The highest BCUT2D eigenvalue weighted by atomic mass is 16.4. The zero-order valence-electron chi connectivity index (χ0n) is 11.4. The van der Waals surface area contributed by atoms with E-state index in [4.69, 9.17) is 5.11 Å². The zero-order valence-corrected chi connectivity index (χ0v) is 11.4. The van der Waals surface area contributed by atoms with E-state index in [2.05, 4.69) is 10.6 Å². The van der Waals surface area contributed by atoms with Gasteiger partial charge in [-0.05, 0) is 24.5 Å². The normalized spacial score (nSPS) is 11.7. The average molecular weight is 280 g/mol. The smallest absolute Gasteiger partial charge is 0.315 e. The first-order valence-electron chi connectivity index (χ1n) is 6.44. The number of carbonyl (C=O) groups excluding carboxylic acids is 1. The predicted octanol–water partition coefficient (Wildman–Crippen LogP) is 0.672. The molecule has 1 aromatic rings. The molecule has 0 spiro atoms. The Morgan fingerprint density at radius 3 is 2.60 bits per heavy atom. The van der Waals surface area contributed by atoms with Crippen LogP contribution in [0.25, 0.3) is 0 Å². The van der Waals surface area contributed by atoms with Crippen molar-refractivity contribution in [3.63, 3.8) is 0 Å². The maximum atomic E-state index is 11.5. The van der Waals surface area contributed by atoms with Gasteiger partial charge in [-0.3, -0.25) is 4.79 Å². The molecule has 0 aliphatic rings. The molecule has 0 heterocycles. The van der Waals surface area contributed by atoms with Crippen LogP contribution in [-0.2, 0) is 11.2 Å². The van der Waals surface area contributed by atoms with Gasteiger partial charge in [0.2, 0.25) is 0 Å². The molecule has 1 atom stereocenters. The van der Waals surface area contributed by atoms with Crippen molar-refractivity contribution >= 4 is 12.0 Å². The van der Waals surface area contributed by atoms with Crippen molar-refractivity contribution in [1.82, 2.24) is 10.6 Å². The van der Waals surface area contributed by atoms with Gasteiger partial charge in [-0.1, -0.05) is 24.3 Å². The van der Waals surface area contributed by atoms with Crippen LogP contribution in [0.1, 0.15) is 17.5 Å². The Kier molecular flexibility index (Phi) is 6.52. The molecular formula is C14H20N2O4. The number of aliphatic carboxylic acids is 1. The molecule has 1 aromatic carbocycles. The Bertz CT molecular complexity index is 462. The van der Waals surface area contributed by atoms with Crippen LogP contribution in [-0.4, -0.2) is 41.4 Å². The highest BCUT2D eigenvalue weighted by molar-refractivity contribution is 5.75. The van der Waals surface area contributed by atoms with E-state index in [-0.39, 0.29) is 19.6 Å². The number of aliphatic hydroxyl groups excluding tert-OH is 1. The van der Waals surface area contributed by atoms with Gasteiger partial charge in [0, 0.05) is 6.54 Å². The molecule has 0 aliphatic carbocycles. The van der Waals surface area contributed by atoms with Gasteiger partial charge in [-0.2, -0.15) is 0 Å². The lowest BCUT2D eigenvalue weighted by molar-refractivity contribution is -0.136. The fourth-order valence-electron chi connectivity index (χ4n) is 1.79. The number of aryl methyl sites for hydroxylation is 1. The van der Waals surface area contributed by atoms with E-state index in [1.54, 1.807) is 0 Å². The van der Waals surface area contributed by atoms with Crippen LogP contribution in [0.3, 0.4) is 0 Å². The lowest BCUT2D eigenvalue weighted by atomic mass is 10.0. The Hall–Kier alpha value is -2.08. The van der Waals surface area contributed by atoms with Crippen molar-refractivity contribution in [2.75, 3.05) is 13.2 Å². The van der Waals surface area contributed by atoms with E-state index in [1.165, 1.54) is 0 Å². The number of benzene rings is 1. The fraction of sp³-hybridized carbons (Fsp3) is 0.429. The van der Waals surface area contributed by atoms with Gasteiger partial charge < -0.3 is 20.8 Å². The quantitative estimate of drug-likeness (QED) is 0.590. The molecule has 0 saturated heterocycles. The summed E-state index contributed by atoms with van der Waals surface area (Å²) in [6.07, 6.45) is 0.393. The molecule has 0 aromatic heterocycles. The van der Waals surface area contributed by atoms with E-state index in [0.29, 0.717) is 6.42 Å². The van der Waals surface area contributed by atoms with Gasteiger partial charge in [0.25, 0.3) is 0 Å². The molecular weight excluding hydrogens is 260 g/mol. The topological polar surface area (TPSA) is 98.7 Å². The third-order valence-corrected chi connectivity index (χ3v) is 2.91. The molecule has 1 unspecified atom stereocenters. The maximum absolute atomic E-state index is 11.5. The van der Waals surface area contributed by atoms with Crippen LogP contribution in [0.5, 0.6) is 0 Å². The number of aliphatic hydroxyl groups is 1. The highest BCUT2D eigenvalue weighted by Gasteiger charge is 2.13. The summed E-state index contributed by atoms with van der Waals surface area (Å²) >= 11 is 0. The average Bonchev–Trinajstić information content (AvgIpc) is 2.40. The van der Waals surface area contributed by atoms with Crippen molar-refractivity contribution in [3.05, 3.63) is 35.4 Å². The molecule has 0 fully saturated rings. The Labute approximate surface area is 117 Å². The zero-order chi connectivity index (χ0) is 15.0. The van der Waals surface area contributed by atoms with Crippen molar-refractivity contribution in [2.45, 2.75) is 25.8 Å². The first-order valence-corrected chi connectivity index (χ1v) is 6.44. The Balaban J connectivity index is 2.45. The van der Waals surface area contributed by atoms with E-state index < -0.39 is 18.0 Å². The minimum absolute atomic E-state index is 0.0592. The van der Waals surface area contributed by atoms with Crippen LogP contribution in [0, 0.1) is 6.92 Å². The molecule has 6 nitrogen and oxygen atoms in total. The van der Waals surface area contributed by atoms with E-state index in [0.717, 1.165) is 11.1 Å². The molecule has 0 radical (unpaired) electrons. The summed E-state index contributed by atoms with van der Waals surface area (Å²) in [6.45, 7) is 1.85. The highest BCUT2D eigenvalue weighted by Crippen LogP contribution is 2.09. The molecule has 110 valence electrons. The number of amides is 2. The van der Waals surface area contributed by atoms with Gasteiger partial charge >= 0.3 is 12.0 Å². The second kappa shape index (κ2) is 8.16. The number of hydrogen-bond donors (Lipinski definition) is 4. The van der Waals surface area contributed by atoms with Gasteiger partial charge in [0.15, 0.2) is 0 Å². The molecule has 4 N–H and O–H groups in total. The minimum atomic E-state index is -0.969. The standard InChI is InChI=1S/C14H20N2O4/c1-10-4-2-3-5-11(10)8-12(9-17)16-14(20)15-7-6-13(18)19/h2-5,12,17H,6-9H2,1H3,(H,18,19)(H2,15,16,20). The van der Waals surface area contributed by atoms with Gasteiger partial charge in [0.1, 0.15) is 0 Å². The number of nitrogens with one attached hydrogen (secondary N) is 2. The largest absolute Gasteiger partial charge is 0.481 e. The third-order valence-electron chi connectivity index (χ3n) is 2.91. The molecule has 0 bridgehead atoms. The molecule has 1 rings (SSSR count). The summed E-state index contributed by atoms with van der Waals surface area (Å²) in [5.41, 5.74) is 2.15. The second-order valence-electron chi connectivity index (χ2n) is 4.55. The van der Waals surface area contributed by atoms with E-state index in [9.17, 15) is 14.7 Å². The van der Waals surface area contributed by atoms with Crippen LogP contribution in [0.15, 0.2) is 24.3 Å². The number of carboxylic acid groups (broad SMARTS) is 1. The summed E-state index contributed by atoms with van der Waals surface area (Å²) in [4.78, 5) is 21.9. The van der Waals surface area contributed by atoms with E-state index >= 15 is 0 Å². The molecule has 20 heavy (non-hydrogen) atoms. The summed E-state index contributed by atoms with van der Waals surface area (Å²) in [5, 5.41) is 22.8. The summed E-state index contributed by atoms with van der Waals surface area (Å²) < 4.78 is 0.